The van der Waals surface area contributed by atoms with Crippen molar-refractivity contribution >= 4 is 33.5 Å². The van der Waals surface area contributed by atoms with E-state index in [2.05, 4.69) is 33.4 Å². The number of ether oxygens (including phenoxy) is 1. The van der Waals surface area contributed by atoms with Gasteiger partial charge in [-0.15, -0.1) is 0 Å². The van der Waals surface area contributed by atoms with Gasteiger partial charge in [-0.3, -0.25) is 14.4 Å². The minimum Gasteiger partial charge on any atom is -0.493 e. The highest BCUT2D eigenvalue weighted by atomic mass is 79.9. The van der Waals surface area contributed by atoms with Crippen molar-refractivity contribution in [2.45, 2.75) is 24.9 Å². The van der Waals surface area contributed by atoms with Gasteiger partial charge >= 0.3 is 0 Å². The third-order valence-electron chi connectivity index (χ3n) is 6.37. The first-order valence-electron chi connectivity index (χ1n) is 11.1. The number of ketones is 1. The van der Waals surface area contributed by atoms with Crippen molar-refractivity contribution in [2.24, 2.45) is 0 Å². The number of rotatable bonds is 7. The van der Waals surface area contributed by atoms with Crippen molar-refractivity contribution in [3.05, 3.63) is 99.5 Å². The molecule has 7 heteroatoms. The van der Waals surface area contributed by atoms with Crippen LogP contribution in [0.2, 0.25) is 0 Å². The molecule has 1 atom stereocenters. The fourth-order valence-corrected chi connectivity index (χ4v) is 4.89. The largest absolute Gasteiger partial charge is 0.493 e. The molecule has 5 rings (SSSR count). The highest BCUT2D eigenvalue weighted by Crippen LogP contribution is 2.34. The number of nitrogens with zero attached hydrogens (tertiary/aromatic N) is 1. The summed E-state index contributed by atoms with van der Waals surface area (Å²) in [5.74, 6) is -0.00633. The molecule has 0 bridgehead atoms. The average molecular weight is 519 g/mol. The molecule has 3 aromatic carbocycles. The lowest BCUT2D eigenvalue weighted by atomic mass is 9.86. The molecule has 2 heterocycles. The monoisotopic (exact) mass is 518 g/mol. The molecule has 0 spiro atoms. The number of carbonyl (C=O) groups is 3. The third kappa shape index (κ3) is 4.23. The lowest BCUT2D eigenvalue weighted by molar-refractivity contribution is -0.123. The second-order valence-electron chi connectivity index (χ2n) is 8.62. The fourth-order valence-electron chi connectivity index (χ4n) is 4.63. The van der Waals surface area contributed by atoms with Gasteiger partial charge in [0.15, 0.2) is 5.78 Å². The van der Waals surface area contributed by atoms with Crippen molar-refractivity contribution in [2.75, 3.05) is 13.2 Å². The molecule has 0 unspecified atom stereocenters. The standard InChI is InChI=1S/C27H23BrN2O4/c28-21-8-6-20(7-9-21)27(24(31)15-25(32)29-27)17-30-16-19-14-22(10-11-23(19)26(30)33)34-13-12-18-4-2-1-3-5-18/h1-11,14H,12-13,15-17H2,(H,29,32)/t27-/m0/s1. The zero-order valence-corrected chi connectivity index (χ0v) is 20.0. The van der Waals surface area contributed by atoms with E-state index in [-0.39, 0.29) is 30.6 Å². The predicted molar refractivity (Wildman–Crippen MR) is 130 cm³/mol. The van der Waals surface area contributed by atoms with Gasteiger partial charge in [-0.1, -0.05) is 58.4 Å². The summed E-state index contributed by atoms with van der Waals surface area (Å²) < 4.78 is 6.79. The Bertz CT molecular complexity index is 1260. The summed E-state index contributed by atoms with van der Waals surface area (Å²) in [4.78, 5) is 40.0. The lowest BCUT2D eigenvalue weighted by Gasteiger charge is -2.32. The zero-order chi connectivity index (χ0) is 23.7. The third-order valence-corrected chi connectivity index (χ3v) is 6.90. The summed E-state index contributed by atoms with van der Waals surface area (Å²) in [6, 6.07) is 22.9. The van der Waals surface area contributed by atoms with Crippen molar-refractivity contribution in [3.63, 3.8) is 0 Å². The normalized spacial score (nSPS) is 19.3. The molecule has 1 N–H and O–H groups in total. The Morgan fingerprint density at radius 2 is 1.74 bits per heavy atom. The highest BCUT2D eigenvalue weighted by molar-refractivity contribution is 9.10. The van der Waals surface area contributed by atoms with Crippen LogP contribution in [0.1, 0.15) is 33.5 Å². The maximum absolute atomic E-state index is 13.2. The van der Waals surface area contributed by atoms with Gasteiger partial charge in [0.05, 0.1) is 19.6 Å². The second-order valence-corrected chi connectivity index (χ2v) is 9.54. The van der Waals surface area contributed by atoms with Gasteiger partial charge in [-0.05, 0) is 47.0 Å². The summed E-state index contributed by atoms with van der Waals surface area (Å²) in [5, 5.41) is 2.86. The maximum Gasteiger partial charge on any atom is 0.254 e. The topological polar surface area (TPSA) is 75.7 Å². The van der Waals surface area contributed by atoms with Crippen LogP contribution in [0.25, 0.3) is 0 Å². The van der Waals surface area contributed by atoms with Crippen molar-refractivity contribution in [3.8, 4) is 5.75 Å². The van der Waals surface area contributed by atoms with Crippen molar-refractivity contribution in [1.29, 1.82) is 0 Å². The fraction of sp³-hybridized carbons (Fsp3) is 0.222. The summed E-state index contributed by atoms with van der Waals surface area (Å²) >= 11 is 3.40. The highest BCUT2D eigenvalue weighted by Gasteiger charge is 2.50. The van der Waals surface area contributed by atoms with Gasteiger partial charge in [0.25, 0.3) is 5.91 Å². The van der Waals surface area contributed by atoms with Crippen LogP contribution in [0.4, 0.5) is 0 Å². The number of benzene rings is 3. The minimum absolute atomic E-state index is 0.0803. The van der Waals surface area contributed by atoms with E-state index in [1.807, 2.05) is 36.4 Å². The first-order valence-corrected chi connectivity index (χ1v) is 11.9. The van der Waals surface area contributed by atoms with Crippen LogP contribution in [-0.4, -0.2) is 35.6 Å². The molecule has 0 saturated carbocycles. The summed E-state index contributed by atoms with van der Waals surface area (Å²) in [6.45, 7) is 0.968. The quantitative estimate of drug-likeness (QED) is 0.479. The molecule has 0 aromatic heterocycles. The van der Waals surface area contributed by atoms with E-state index < -0.39 is 5.54 Å². The molecule has 2 aliphatic heterocycles. The van der Waals surface area contributed by atoms with Crippen molar-refractivity contribution in [1.82, 2.24) is 10.2 Å². The van der Waals surface area contributed by atoms with E-state index in [1.54, 1.807) is 29.2 Å². The Labute approximate surface area is 206 Å². The van der Waals surface area contributed by atoms with Crippen LogP contribution in [0.3, 0.4) is 0 Å². The van der Waals surface area contributed by atoms with Crippen molar-refractivity contribution < 1.29 is 19.1 Å². The van der Waals surface area contributed by atoms with Crippen LogP contribution in [-0.2, 0) is 28.1 Å². The van der Waals surface area contributed by atoms with Gasteiger partial charge in [-0.25, -0.2) is 0 Å². The maximum atomic E-state index is 13.2. The molecular weight excluding hydrogens is 496 g/mol. The number of hydrogen-bond donors (Lipinski definition) is 1. The van der Waals surface area contributed by atoms with Crippen LogP contribution in [0, 0.1) is 0 Å². The van der Waals surface area contributed by atoms with Crippen LogP contribution in [0.15, 0.2) is 77.3 Å². The van der Waals surface area contributed by atoms with Gasteiger partial charge in [0, 0.05) is 23.0 Å². The van der Waals surface area contributed by atoms with E-state index in [0.717, 1.165) is 16.5 Å². The molecule has 1 fully saturated rings. The van der Waals surface area contributed by atoms with Gasteiger partial charge in [-0.2, -0.15) is 0 Å². The number of Topliss-reactive ketones (excluding diaryl/α,β-unsaturated/α-hetero) is 1. The number of nitrogens with one attached hydrogen (secondary N) is 1. The Hall–Kier alpha value is -3.45. The Kier molecular flexibility index (Phi) is 5.96. The molecule has 172 valence electrons. The molecule has 2 amide bonds. The summed E-state index contributed by atoms with van der Waals surface area (Å²) in [7, 11) is 0. The van der Waals surface area contributed by atoms with Crippen LogP contribution in [0.5, 0.6) is 5.75 Å². The minimum atomic E-state index is -1.25. The van der Waals surface area contributed by atoms with E-state index in [4.69, 9.17) is 4.74 Å². The molecule has 34 heavy (non-hydrogen) atoms. The van der Waals surface area contributed by atoms with Gasteiger partial charge in [0.2, 0.25) is 5.91 Å². The molecule has 2 aliphatic rings. The number of carbonyl (C=O) groups excluding carboxylic acids is 3. The Morgan fingerprint density at radius 3 is 2.44 bits per heavy atom. The SMILES string of the molecule is O=C1CC(=O)[C@](CN2Cc3cc(OCCc4ccccc4)ccc3C2=O)(c2ccc(Br)cc2)N1. The molecule has 6 nitrogen and oxygen atoms in total. The Morgan fingerprint density at radius 1 is 0.971 bits per heavy atom. The first kappa shape index (κ1) is 22.3. The number of amides is 2. The summed E-state index contributed by atoms with van der Waals surface area (Å²) in [5.41, 5.74) is 2.07. The second kappa shape index (κ2) is 9.06. The Balaban J connectivity index is 1.32. The molecule has 3 aromatic rings. The van der Waals surface area contributed by atoms with E-state index >= 15 is 0 Å². The van der Waals surface area contributed by atoms with Gasteiger partial charge in [0.1, 0.15) is 11.3 Å². The van der Waals surface area contributed by atoms with E-state index in [0.29, 0.717) is 30.0 Å². The lowest BCUT2D eigenvalue weighted by Crippen LogP contribution is -2.52. The predicted octanol–water partition coefficient (Wildman–Crippen LogP) is 4.01. The molecular formula is C27H23BrN2O4. The van der Waals surface area contributed by atoms with Gasteiger partial charge < -0.3 is 15.0 Å². The van der Waals surface area contributed by atoms with E-state index in [1.165, 1.54) is 5.56 Å². The molecule has 0 radical (unpaired) electrons. The van der Waals surface area contributed by atoms with Crippen LogP contribution >= 0.6 is 15.9 Å². The van der Waals surface area contributed by atoms with Crippen LogP contribution < -0.4 is 10.1 Å². The number of hydrogen-bond acceptors (Lipinski definition) is 4. The number of halogens is 1. The smallest absolute Gasteiger partial charge is 0.254 e. The molecule has 1 saturated heterocycles. The zero-order valence-electron chi connectivity index (χ0n) is 18.4. The van der Waals surface area contributed by atoms with E-state index in [9.17, 15) is 14.4 Å². The average Bonchev–Trinajstić information content (AvgIpc) is 3.30. The number of fused-ring (bicyclic) bond motifs is 1. The summed E-state index contributed by atoms with van der Waals surface area (Å²) in [6.07, 6.45) is 0.602. The molecule has 0 aliphatic carbocycles. The first-order chi connectivity index (χ1) is 16.4.